The van der Waals surface area contributed by atoms with Gasteiger partial charge in [0.25, 0.3) is 0 Å². The van der Waals surface area contributed by atoms with Crippen molar-refractivity contribution in [1.29, 1.82) is 0 Å². The van der Waals surface area contributed by atoms with Crippen LogP contribution in [-0.2, 0) is 9.53 Å². The zero-order valence-corrected chi connectivity index (χ0v) is 14.1. The number of amides is 1. The second-order valence-corrected chi connectivity index (χ2v) is 6.74. The van der Waals surface area contributed by atoms with Gasteiger partial charge in [-0.1, -0.05) is 17.7 Å². The minimum absolute atomic E-state index is 0.228. The summed E-state index contributed by atoms with van der Waals surface area (Å²) in [7, 11) is 0. The van der Waals surface area contributed by atoms with E-state index in [1.807, 2.05) is 4.90 Å². The minimum atomic E-state index is 0.228. The zero-order valence-electron chi connectivity index (χ0n) is 13.3. The Kier molecular flexibility index (Phi) is 7.22. The van der Waals surface area contributed by atoms with Gasteiger partial charge in [0, 0.05) is 24.6 Å². The topological polar surface area (TPSA) is 55.6 Å². The van der Waals surface area contributed by atoms with E-state index in [0.717, 1.165) is 43.9 Å². The van der Waals surface area contributed by atoms with Crippen LogP contribution in [0.5, 0.6) is 0 Å². The molecule has 2 N–H and O–H groups in total. The first kappa shape index (κ1) is 17.3. The lowest BCUT2D eigenvalue weighted by Crippen LogP contribution is -2.41. The van der Waals surface area contributed by atoms with Crippen molar-refractivity contribution in [3.8, 4) is 0 Å². The van der Waals surface area contributed by atoms with Gasteiger partial charge in [0.15, 0.2) is 0 Å². The second kappa shape index (κ2) is 9.18. The van der Waals surface area contributed by atoms with Crippen molar-refractivity contribution in [2.24, 2.45) is 5.73 Å². The van der Waals surface area contributed by atoms with E-state index in [2.05, 4.69) is 31.2 Å². The third kappa shape index (κ3) is 5.63. The second-order valence-electron chi connectivity index (χ2n) is 5.69. The Balaban J connectivity index is 1.67. The maximum absolute atomic E-state index is 12.3. The van der Waals surface area contributed by atoms with Crippen molar-refractivity contribution in [3.05, 3.63) is 29.8 Å². The van der Waals surface area contributed by atoms with Gasteiger partial charge >= 0.3 is 0 Å². The van der Waals surface area contributed by atoms with Crippen LogP contribution in [0.2, 0.25) is 0 Å². The summed E-state index contributed by atoms with van der Waals surface area (Å²) in [5, 5.41) is 0. The standard InChI is InChI=1S/C17H26N2O2S/c1-14-3-5-16(6-4-14)22-13-17(20)19-10-7-15(8-11-19)21-12-2-9-18/h3-6,15H,2,7-13,18H2,1H3. The molecule has 1 fully saturated rings. The molecule has 4 nitrogen and oxygen atoms in total. The fraction of sp³-hybridized carbons (Fsp3) is 0.588. The van der Waals surface area contributed by atoms with Gasteiger partial charge in [-0.05, 0) is 44.9 Å². The highest BCUT2D eigenvalue weighted by Gasteiger charge is 2.22. The van der Waals surface area contributed by atoms with Crippen molar-refractivity contribution in [1.82, 2.24) is 4.90 Å². The fourth-order valence-electron chi connectivity index (χ4n) is 2.48. The highest BCUT2D eigenvalue weighted by molar-refractivity contribution is 8.00. The van der Waals surface area contributed by atoms with Crippen LogP contribution in [0.25, 0.3) is 0 Å². The first-order valence-corrected chi connectivity index (χ1v) is 8.96. The lowest BCUT2D eigenvalue weighted by molar-refractivity contribution is -0.130. The van der Waals surface area contributed by atoms with Gasteiger partial charge in [0.05, 0.1) is 11.9 Å². The number of hydrogen-bond acceptors (Lipinski definition) is 4. The molecule has 0 spiro atoms. The predicted molar refractivity (Wildman–Crippen MR) is 91.1 cm³/mol. The predicted octanol–water partition coefficient (Wildman–Crippen LogP) is 2.44. The van der Waals surface area contributed by atoms with Crippen LogP contribution in [0.4, 0.5) is 0 Å². The summed E-state index contributed by atoms with van der Waals surface area (Å²) in [6.45, 7) is 5.09. The average molecular weight is 322 g/mol. The maximum atomic E-state index is 12.3. The highest BCUT2D eigenvalue weighted by atomic mass is 32.2. The zero-order chi connectivity index (χ0) is 15.8. The molecule has 0 atom stereocenters. The van der Waals surface area contributed by atoms with Gasteiger partial charge < -0.3 is 15.4 Å². The van der Waals surface area contributed by atoms with Crippen LogP contribution >= 0.6 is 11.8 Å². The number of thioether (sulfide) groups is 1. The molecule has 0 aliphatic carbocycles. The molecule has 0 radical (unpaired) electrons. The molecule has 1 aromatic rings. The van der Waals surface area contributed by atoms with E-state index in [9.17, 15) is 4.79 Å². The van der Waals surface area contributed by atoms with E-state index in [4.69, 9.17) is 10.5 Å². The number of likely N-dealkylation sites (tertiary alicyclic amines) is 1. The number of nitrogens with two attached hydrogens (primary N) is 1. The van der Waals surface area contributed by atoms with Gasteiger partial charge in [0.2, 0.25) is 5.91 Å². The average Bonchev–Trinajstić information content (AvgIpc) is 2.55. The van der Waals surface area contributed by atoms with E-state index in [0.29, 0.717) is 18.4 Å². The summed E-state index contributed by atoms with van der Waals surface area (Å²) >= 11 is 1.61. The molecule has 1 aliphatic heterocycles. The largest absolute Gasteiger partial charge is 0.378 e. The number of piperidine rings is 1. The van der Waals surface area contributed by atoms with Gasteiger partial charge in [-0.3, -0.25) is 4.79 Å². The van der Waals surface area contributed by atoms with E-state index >= 15 is 0 Å². The Hall–Kier alpha value is -1.04. The summed E-state index contributed by atoms with van der Waals surface area (Å²) in [4.78, 5) is 15.4. The minimum Gasteiger partial charge on any atom is -0.378 e. The normalized spacial score (nSPS) is 16.0. The third-order valence-corrected chi connectivity index (χ3v) is 4.88. The number of benzene rings is 1. The molecular weight excluding hydrogens is 296 g/mol. The first-order valence-electron chi connectivity index (χ1n) is 7.98. The molecular formula is C17H26N2O2S. The summed E-state index contributed by atoms with van der Waals surface area (Å²) in [5.74, 6) is 0.743. The number of hydrogen-bond donors (Lipinski definition) is 1. The molecule has 0 saturated carbocycles. The molecule has 0 aromatic heterocycles. The number of carbonyl (C=O) groups excluding carboxylic acids is 1. The molecule has 1 amide bonds. The summed E-state index contributed by atoms with van der Waals surface area (Å²) < 4.78 is 5.77. The summed E-state index contributed by atoms with van der Waals surface area (Å²) in [5.41, 5.74) is 6.70. The number of carbonyl (C=O) groups is 1. The SMILES string of the molecule is Cc1ccc(SCC(=O)N2CCC(OCCCN)CC2)cc1. The molecule has 1 saturated heterocycles. The maximum Gasteiger partial charge on any atom is 0.232 e. The molecule has 2 rings (SSSR count). The molecule has 22 heavy (non-hydrogen) atoms. The molecule has 1 aliphatic rings. The van der Waals surface area contributed by atoms with Crippen molar-refractivity contribution in [2.45, 2.75) is 37.2 Å². The van der Waals surface area contributed by atoms with Gasteiger partial charge in [-0.25, -0.2) is 0 Å². The first-order chi connectivity index (χ1) is 10.7. The smallest absolute Gasteiger partial charge is 0.232 e. The molecule has 5 heteroatoms. The quantitative estimate of drug-likeness (QED) is 0.619. The van der Waals surface area contributed by atoms with Crippen LogP contribution in [-0.4, -0.2) is 48.9 Å². The van der Waals surface area contributed by atoms with E-state index in [1.54, 1.807) is 11.8 Å². The van der Waals surface area contributed by atoms with Crippen molar-refractivity contribution in [2.75, 3.05) is 32.0 Å². The van der Waals surface area contributed by atoms with E-state index < -0.39 is 0 Å². The Bertz CT molecular complexity index is 456. The molecule has 0 bridgehead atoms. The van der Waals surface area contributed by atoms with Gasteiger partial charge in [0.1, 0.15) is 0 Å². The van der Waals surface area contributed by atoms with Crippen molar-refractivity contribution in [3.63, 3.8) is 0 Å². The van der Waals surface area contributed by atoms with Gasteiger partial charge in [-0.15, -0.1) is 11.8 Å². The summed E-state index contributed by atoms with van der Waals surface area (Å²) in [6, 6.07) is 8.31. The molecule has 122 valence electrons. The summed E-state index contributed by atoms with van der Waals surface area (Å²) in [6.07, 6.45) is 3.07. The number of rotatable bonds is 7. The van der Waals surface area contributed by atoms with Crippen molar-refractivity contribution >= 4 is 17.7 Å². The molecule has 1 heterocycles. The number of nitrogens with zero attached hydrogens (tertiary/aromatic N) is 1. The third-order valence-electron chi connectivity index (χ3n) is 3.88. The van der Waals surface area contributed by atoms with Crippen LogP contribution < -0.4 is 5.73 Å². The van der Waals surface area contributed by atoms with Crippen LogP contribution in [0.1, 0.15) is 24.8 Å². The Morgan fingerprint density at radius 3 is 2.64 bits per heavy atom. The van der Waals surface area contributed by atoms with Crippen LogP contribution in [0.15, 0.2) is 29.2 Å². The lowest BCUT2D eigenvalue weighted by atomic mass is 10.1. The Morgan fingerprint density at radius 2 is 2.00 bits per heavy atom. The highest BCUT2D eigenvalue weighted by Crippen LogP contribution is 2.20. The molecule has 0 unspecified atom stereocenters. The van der Waals surface area contributed by atoms with E-state index in [1.165, 1.54) is 5.56 Å². The monoisotopic (exact) mass is 322 g/mol. The van der Waals surface area contributed by atoms with E-state index in [-0.39, 0.29) is 5.91 Å². The number of ether oxygens (including phenoxy) is 1. The van der Waals surface area contributed by atoms with Gasteiger partial charge in [-0.2, -0.15) is 0 Å². The lowest BCUT2D eigenvalue weighted by Gasteiger charge is -2.32. The van der Waals surface area contributed by atoms with Crippen LogP contribution in [0.3, 0.4) is 0 Å². The fourth-order valence-corrected chi connectivity index (χ4v) is 3.28. The van der Waals surface area contributed by atoms with Crippen molar-refractivity contribution < 1.29 is 9.53 Å². The number of aryl methyl sites for hydroxylation is 1. The Morgan fingerprint density at radius 1 is 1.32 bits per heavy atom. The molecule has 1 aromatic carbocycles. The van der Waals surface area contributed by atoms with Crippen LogP contribution in [0, 0.1) is 6.92 Å². The Labute approximate surface area is 137 Å².